The minimum atomic E-state index is -0.990. The average Bonchev–Trinajstić information content (AvgIpc) is 2.81. The van der Waals surface area contributed by atoms with E-state index in [1.165, 1.54) is 0 Å². The van der Waals surface area contributed by atoms with Crippen LogP contribution in [0, 0.1) is 6.92 Å². The molecule has 0 aliphatic carbocycles. The van der Waals surface area contributed by atoms with E-state index < -0.39 is 11.2 Å². The zero-order chi connectivity index (χ0) is 25.4. The fourth-order valence-electron chi connectivity index (χ4n) is 4.96. The molecule has 0 bridgehead atoms. The van der Waals surface area contributed by atoms with Gasteiger partial charge in [-0.25, -0.2) is 4.79 Å². The maximum atomic E-state index is 13.3. The Kier molecular flexibility index (Phi) is 6.60. The summed E-state index contributed by atoms with van der Waals surface area (Å²) in [4.78, 5) is 27.2. The molecule has 4 rings (SSSR count). The van der Waals surface area contributed by atoms with Crippen molar-refractivity contribution in [2.24, 2.45) is 7.05 Å². The quantitative estimate of drug-likeness (QED) is 0.525. The first kappa shape index (κ1) is 24.7. The van der Waals surface area contributed by atoms with E-state index >= 15 is 0 Å². The molecular formula is C29H34N2O4. The van der Waals surface area contributed by atoms with Crippen LogP contribution >= 0.6 is 0 Å². The molecule has 2 heterocycles. The number of pyridine rings is 1. The van der Waals surface area contributed by atoms with Gasteiger partial charge in [-0.3, -0.25) is 4.79 Å². The van der Waals surface area contributed by atoms with Crippen molar-refractivity contribution in [3.63, 3.8) is 0 Å². The van der Waals surface area contributed by atoms with Crippen LogP contribution in [0.15, 0.2) is 71.5 Å². The Bertz CT molecular complexity index is 1260. The van der Waals surface area contributed by atoms with Crippen molar-refractivity contribution >= 4 is 6.09 Å². The summed E-state index contributed by atoms with van der Waals surface area (Å²) >= 11 is 0. The number of nitrogens with zero attached hydrogens (tertiary/aromatic N) is 2. The molecule has 1 aromatic heterocycles. The smallest absolute Gasteiger partial charge is 0.411 e. The number of carbonyl (C=O) groups is 1. The van der Waals surface area contributed by atoms with Gasteiger partial charge in [-0.05, 0) is 56.0 Å². The predicted octanol–water partition coefficient (Wildman–Crippen LogP) is 5.32. The average molecular weight is 475 g/mol. The molecule has 6 nitrogen and oxygen atoms in total. The molecular weight excluding hydrogens is 440 g/mol. The third kappa shape index (κ3) is 5.17. The summed E-state index contributed by atoms with van der Waals surface area (Å²) in [6.07, 6.45) is 0.521. The normalized spacial score (nSPS) is 19.4. The van der Waals surface area contributed by atoms with Gasteiger partial charge in [-0.1, -0.05) is 54.6 Å². The highest BCUT2D eigenvalue weighted by molar-refractivity contribution is 5.70. The Morgan fingerprint density at radius 1 is 1.03 bits per heavy atom. The van der Waals surface area contributed by atoms with E-state index in [2.05, 4.69) is 0 Å². The summed E-state index contributed by atoms with van der Waals surface area (Å²) in [6, 6.07) is 21.1. The predicted molar refractivity (Wildman–Crippen MR) is 137 cm³/mol. The fourth-order valence-corrected chi connectivity index (χ4v) is 4.96. The Hall–Kier alpha value is -3.38. The molecule has 1 amide bonds. The molecule has 2 unspecified atom stereocenters. The lowest BCUT2D eigenvalue weighted by Gasteiger charge is -2.45. The third-order valence-corrected chi connectivity index (χ3v) is 6.99. The number of amides is 1. The first-order valence-electron chi connectivity index (χ1n) is 12.0. The first-order chi connectivity index (χ1) is 16.5. The Balaban J connectivity index is 1.55. The minimum absolute atomic E-state index is 0.0403. The summed E-state index contributed by atoms with van der Waals surface area (Å²) in [5.74, 6) is 0. The van der Waals surface area contributed by atoms with Gasteiger partial charge in [0.2, 0.25) is 0 Å². The number of aryl methyl sites for hydroxylation is 1. The number of cyclic esters (lactones) is 1. The number of aliphatic hydroxyl groups is 1. The molecule has 3 aromatic rings. The SMILES string of the molecule is Cc1cc(-c2ccc(C(C)N3CCC(CC(C)(C)O)(c4ccccc4)OC3=O)cc2)cc(=O)n1C. The van der Waals surface area contributed by atoms with Gasteiger partial charge in [0.15, 0.2) is 0 Å². The van der Waals surface area contributed by atoms with E-state index in [4.69, 9.17) is 4.74 Å². The van der Waals surface area contributed by atoms with Gasteiger partial charge in [0.05, 0.1) is 11.6 Å². The Morgan fingerprint density at radius 2 is 1.69 bits per heavy atom. The molecule has 184 valence electrons. The van der Waals surface area contributed by atoms with Crippen molar-refractivity contribution in [2.75, 3.05) is 6.54 Å². The van der Waals surface area contributed by atoms with Crippen LogP contribution in [0.4, 0.5) is 4.79 Å². The van der Waals surface area contributed by atoms with Crippen LogP contribution in [0.1, 0.15) is 56.5 Å². The lowest BCUT2D eigenvalue weighted by molar-refractivity contribution is -0.101. The zero-order valence-electron chi connectivity index (χ0n) is 21.1. The number of aromatic nitrogens is 1. The second-order valence-corrected chi connectivity index (χ2v) is 10.2. The van der Waals surface area contributed by atoms with Crippen molar-refractivity contribution in [1.29, 1.82) is 0 Å². The van der Waals surface area contributed by atoms with Gasteiger partial charge in [-0.2, -0.15) is 0 Å². The van der Waals surface area contributed by atoms with Crippen LogP contribution in [-0.2, 0) is 17.4 Å². The number of hydrogen-bond acceptors (Lipinski definition) is 4. The van der Waals surface area contributed by atoms with Crippen LogP contribution in [0.3, 0.4) is 0 Å². The van der Waals surface area contributed by atoms with Crippen molar-refractivity contribution < 1.29 is 14.6 Å². The summed E-state index contributed by atoms with van der Waals surface area (Å²) in [5, 5.41) is 10.6. The van der Waals surface area contributed by atoms with Crippen molar-refractivity contribution in [2.45, 2.75) is 57.8 Å². The van der Waals surface area contributed by atoms with Gasteiger partial charge in [0.1, 0.15) is 5.60 Å². The van der Waals surface area contributed by atoms with Crippen molar-refractivity contribution in [3.05, 3.63) is 93.9 Å². The minimum Gasteiger partial charge on any atom is -0.438 e. The maximum Gasteiger partial charge on any atom is 0.411 e. The van der Waals surface area contributed by atoms with Crippen molar-refractivity contribution in [1.82, 2.24) is 9.47 Å². The van der Waals surface area contributed by atoms with E-state index in [1.807, 2.05) is 74.5 Å². The van der Waals surface area contributed by atoms with E-state index in [0.717, 1.165) is 27.9 Å². The molecule has 0 spiro atoms. The molecule has 1 fully saturated rings. The highest BCUT2D eigenvalue weighted by Crippen LogP contribution is 2.42. The first-order valence-corrected chi connectivity index (χ1v) is 12.0. The number of hydrogen-bond donors (Lipinski definition) is 1. The van der Waals surface area contributed by atoms with Gasteiger partial charge >= 0.3 is 6.09 Å². The third-order valence-electron chi connectivity index (χ3n) is 6.99. The molecule has 6 heteroatoms. The molecule has 1 N–H and O–H groups in total. The Morgan fingerprint density at radius 3 is 2.26 bits per heavy atom. The van der Waals surface area contributed by atoms with Gasteiger partial charge < -0.3 is 19.3 Å². The standard InChI is InChI=1S/C29H34N2O4/c1-20-17-24(18-26(32)30(20)5)23-13-11-22(12-14-23)21(2)31-16-15-29(35-27(31)33,19-28(3,4)34)25-9-7-6-8-10-25/h6-14,17-18,21,34H,15-16,19H2,1-5H3. The number of ether oxygens (including phenoxy) is 1. The lowest BCUT2D eigenvalue weighted by Crippen LogP contribution is -2.51. The van der Waals surface area contributed by atoms with Crippen molar-refractivity contribution in [3.8, 4) is 11.1 Å². The van der Waals surface area contributed by atoms with Gasteiger partial charge in [0.25, 0.3) is 5.56 Å². The zero-order valence-corrected chi connectivity index (χ0v) is 21.1. The van der Waals surface area contributed by atoms with E-state index in [0.29, 0.717) is 19.4 Å². The highest BCUT2D eigenvalue weighted by Gasteiger charge is 2.46. The largest absolute Gasteiger partial charge is 0.438 e. The van der Waals surface area contributed by atoms with Gasteiger partial charge in [-0.15, -0.1) is 0 Å². The molecule has 2 atom stereocenters. The molecule has 0 radical (unpaired) electrons. The summed E-state index contributed by atoms with van der Waals surface area (Å²) < 4.78 is 7.73. The van der Waals surface area contributed by atoms with Crippen LogP contribution in [0.25, 0.3) is 11.1 Å². The van der Waals surface area contributed by atoms with E-state index in [9.17, 15) is 14.7 Å². The van der Waals surface area contributed by atoms with Crippen LogP contribution in [-0.4, -0.2) is 32.8 Å². The molecule has 0 saturated carbocycles. The monoisotopic (exact) mass is 474 g/mol. The topological polar surface area (TPSA) is 71.8 Å². The number of carbonyl (C=O) groups excluding carboxylic acids is 1. The summed E-state index contributed by atoms with van der Waals surface area (Å²) in [6.45, 7) is 7.90. The fraction of sp³-hybridized carbons (Fsp3) is 0.379. The van der Waals surface area contributed by atoms with Crippen LogP contribution in [0.2, 0.25) is 0 Å². The van der Waals surface area contributed by atoms with E-state index in [1.54, 1.807) is 36.4 Å². The highest BCUT2D eigenvalue weighted by atomic mass is 16.6. The lowest BCUT2D eigenvalue weighted by atomic mass is 9.80. The maximum absolute atomic E-state index is 13.3. The molecule has 1 aliphatic rings. The second kappa shape index (κ2) is 9.34. The summed E-state index contributed by atoms with van der Waals surface area (Å²) in [5.41, 5.74) is 2.72. The second-order valence-electron chi connectivity index (χ2n) is 10.2. The molecule has 1 saturated heterocycles. The van der Waals surface area contributed by atoms with E-state index in [-0.39, 0.29) is 17.7 Å². The van der Waals surface area contributed by atoms with Crippen LogP contribution in [0.5, 0.6) is 0 Å². The van der Waals surface area contributed by atoms with Gasteiger partial charge in [0, 0.05) is 38.2 Å². The number of benzene rings is 2. The molecule has 1 aliphatic heterocycles. The summed E-state index contributed by atoms with van der Waals surface area (Å²) in [7, 11) is 1.76. The molecule has 35 heavy (non-hydrogen) atoms. The number of rotatable bonds is 6. The van der Waals surface area contributed by atoms with Crippen LogP contribution < -0.4 is 5.56 Å². The molecule has 2 aromatic carbocycles. The Labute approximate surface area is 206 Å².